The molecule has 6 heteroatoms. The molecule has 1 N–H and O–H groups in total. The smallest absolute Gasteiger partial charge is 0.146 e. The summed E-state index contributed by atoms with van der Waals surface area (Å²) >= 11 is 0. The number of hydrogen-bond acceptors (Lipinski definition) is 5. The minimum absolute atomic E-state index is 0.0756. The molecule has 0 spiro atoms. The minimum Gasteiger partial charge on any atom is -0.394 e. The topological polar surface area (TPSA) is 63.4 Å². The maximum Gasteiger partial charge on any atom is 0.146 e. The molecule has 0 aliphatic carbocycles. The third-order valence-corrected chi connectivity index (χ3v) is 2.45. The number of aliphatic hydroxyl groups is 1. The van der Waals surface area contributed by atoms with Gasteiger partial charge in [-0.25, -0.2) is 0 Å². The number of likely N-dealkylation sites (N-methyl/N-ethyl adjacent to an activating group) is 1. The van der Waals surface area contributed by atoms with Gasteiger partial charge >= 0.3 is 0 Å². The Balaban J connectivity index is 2.28. The van der Waals surface area contributed by atoms with E-state index in [1.54, 1.807) is 0 Å². The van der Waals surface area contributed by atoms with Crippen molar-refractivity contribution in [2.45, 2.75) is 13.5 Å². The van der Waals surface area contributed by atoms with Gasteiger partial charge in [-0.15, -0.1) is 10.2 Å². The molecule has 0 saturated carbocycles. The van der Waals surface area contributed by atoms with Gasteiger partial charge in [0.2, 0.25) is 0 Å². The molecular formula is C10H20N4O2. The van der Waals surface area contributed by atoms with Gasteiger partial charge in [0.1, 0.15) is 11.6 Å². The van der Waals surface area contributed by atoms with E-state index in [1.807, 2.05) is 25.6 Å². The van der Waals surface area contributed by atoms with Gasteiger partial charge < -0.3 is 14.4 Å². The summed E-state index contributed by atoms with van der Waals surface area (Å²) in [4.78, 5) is 2.11. The van der Waals surface area contributed by atoms with E-state index in [2.05, 4.69) is 15.1 Å². The SMILES string of the molecule is Cc1nnc(CN(C)CCOCCO)n1C. The monoisotopic (exact) mass is 228 g/mol. The predicted octanol–water partition coefficient (Wildman–Crippen LogP) is -0.436. The van der Waals surface area contributed by atoms with E-state index in [9.17, 15) is 0 Å². The number of aliphatic hydroxyl groups excluding tert-OH is 1. The summed E-state index contributed by atoms with van der Waals surface area (Å²) in [6.45, 7) is 4.59. The Morgan fingerprint density at radius 1 is 1.38 bits per heavy atom. The quantitative estimate of drug-likeness (QED) is 0.641. The predicted molar refractivity (Wildman–Crippen MR) is 60.0 cm³/mol. The van der Waals surface area contributed by atoms with Crippen LogP contribution in [0.5, 0.6) is 0 Å². The zero-order valence-corrected chi connectivity index (χ0v) is 10.2. The highest BCUT2D eigenvalue weighted by atomic mass is 16.5. The van der Waals surface area contributed by atoms with Gasteiger partial charge in [0.05, 0.1) is 26.4 Å². The summed E-state index contributed by atoms with van der Waals surface area (Å²) in [7, 11) is 3.97. The van der Waals surface area contributed by atoms with E-state index in [4.69, 9.17) is 9.84 Å². The minimum atomic E-state index is 0.0756. The van der Waals surface area contributed by atoms with Crippen LogP contribution >= 0.6 is 0 Å². The van der Waals surface area contributed by atoms with Crippen LogP contribution in [0.25, 0.3) is 0 Å². The van der Waals surface area contributed by atoms with Gasteiger partial charge in [-0.1, -0.05) is 0 Å². The van der Waals surface area contributed by atoms with Crippen molar-refractivity contribution in [2.75, 3.05) is 33.4 Å². The van der Waals surface area contributed by atoms with E-state index in [1.165, 1.54) is 0 Å². The molecule has 0 aliphatic rings. The molecule has 1 heterocycles. The molecule has 0 unspecified atom stereocenters. The van der Waals surface area contributed by atoms with Gasteiger partial charge in [-0.05, 0) is 14.0 Å². The van der Waals surface area contributed by atoms with Crippen molar-refractivity contribution in [3.63, 3.8) is 0 Å². The molecule has 0 aromatic carbocycles. The molecule has 0 saturated heterocycles. The summed E-state index contributed by atoms with van der Waals surface area (Å²) in [5.41, 5.74) is 0. The number of aryl methyl sites for hydroxylation is 1. The lowest BCUT2D eigenvalue weighted by Gasteiger charge is -2.15. The number of ether oxygens (including phenoxy) is 1. The van der Waals surface area contributed by atoms with Gasteiger partial charge in [0, 0.05) is 13.6 Å². The molecular weight excluding hydrogens is 208 g/mol. The summed E-state index contributed by atoms with van der Waals surface area (Å²) in [5.74, 6) is 1.86. The summed E-state index contributed by atoms with van der Waals surface area (Å²) < 4.78 is 7.17. The zero-order valence-electron chi connectivity index (χ0n) is 10.2. The van der Waals surface area contributed by atoms with Crippen LogP contribution < -0.4 is 0 Å². The van der Waals surface area contributed by atoms with E-state index < -0.39 is 0 Å². The molecule has 1 rings (SSSR count). The zero-order chi connectivity index (χ0) is 12.0. The summed E-state index contributed by atoms with van der Waals surface area (Å²) in [6, 6.07) is 0. The number of nitrogens with zero attached hydrogens (tertiary/aromatic N) is 4. The van der Waals surface area contributed by atoms with Gasteiger partial charge in [-0.2, -0.15) is 0 Å². The highest BCUT2D eigenvalue weighted by Crippen LogP contribution is 2.00. The Morgan fingerprint density at radius 3 is 2.69 bits per heavy atom. The first kappa shape index (κ1) is 13.1. The third kappa shape index (κ3) is 3.88. The average Bonchev–Trinajstić information content (AvgIpc) is 2.56. The van der Waals surface area contributed by atoms with Crippen molar-refractivity contribution in [1.82, 2.24) is 19.7 Å². The molecule has 0 aliphatic heterocycles. The molecule has 0 radical (unpaired) electrons. The molecule has 92 valence electrons. The van der Waals surface area contributed by atoms with E-state index in [0.717, 1.165) is 24.7 Å². The lowest BCUT2D eigenvalue weighted by Crippen LogP contribution is -2.24. The first-order valence-electron chi connectivity index (χ1n) is 5.37. The largest absolute Gasteiger partial charge is 0.394 e. The molecule has 0 amide bonds. The molecule has 1 aromatic rings. The maximum atomic E-state index is 8.55. The Kier molecular flexibility index (Phi) is 5.37. The van der Waals surface area contributed by atoms with Crippen molar-refractivity contribution >= 4 is 0 Å². The maximum absolute atomic E-state index is 8.55. The van der Waals surface area contributed by atoms with Crippen molar-refractivity contribution in [3.8, 4) is 0 Å². The lowest BCUT2D eigenvalue weighted by molar-refractivity contribution is 0.0767. The summed E-state index contributed by atoms with van der Waals surface area (Å²) in [5, 5.41) is 16.6. The molecule has 0 bridgehead atoms. The van der Waals surface area contributed by atoms with Crippen LogP contribution in [-0.2, 0) is 18.3 Å². The normalized spacial score (nSPS) is 11.3. The second kappa shape index (κ2) is 6.57. The van der Waals surface area contributed by atoms with E-state index in [0.29, 0.717) is 13.2 Å². The van der Waals surface area contributed by atoms with Crippen molar-refractivity contribution in [1.29, 1.82) is 0 Å². The van der Waals surface area contributed by atoms with E-state index >= 15 is 0 Å². The Labute approximate surface area is 95.8 Å². The molecule has 0 atom stereocenters. The van der Waals surface area contributed by atoms with Gasteiger partial charge in [0.15, 0.2) is 0 Å². The number of hydrogen-bond donors (Lipinski definition) is 1. The van der Waals surface area contributed by atoms with E-state index in [-0.39, 0.29) is 6.61 Å². The Morgan fingerprint density at radius 2 is 2.12 bits per heavy atom. The van der Waals surface area contributed by atoms with Crippen LogP contribution in [-0.4, -0.2) is 58.2 Å². The number of rotatable bonds is 7. The number of aromatic nitrogens is 3. The highest BCUT2D eigenvalue weighted by Gasteiger charge is 2.07. The van der Waals surface area contributed by atoms with Gasteiger partial charge in [0.25, 0.3) is 0 Å². The fourth-order valence-electron chi connectivity index (χ4n) is 1.30. The van der Waals surface area contributed by atoms with Crippen molar-refractivity contribution in [3.05, 3.63) is 11.6 Å². The second-order valence-corrected chi connectivity index (χ2v) is 3.80. The van der Waals surface area contributed by atoms with Crippen LogP contribution in [0.4, 0.5) is 0 Å². The Bertz CT molecular complexity index is 314. The van der Waals surface area contributed by atoms with Crippen molar-refractivity contribution < 1.29 is 9.84 Å². The average molecular weight is 228 g/mol. The fraction of sp³-hybridized carbons (Fsp3) is 0.800. The summed E-state index contributed by atoms with van der Waals surface area (Å²) in [6.07, 6.45) is 0. The molecule has 0 fully saturated rings. The first-order chi connectivity index (χ1) is 7.65. The van der Waals surface area contributed by atoms with Crippen LogP contribution in [0, 0.1) is 6.92 Å². The highest BCUT2D eigenvalue weighted by molar-refractivity contribution is 4.91. The van der Waals surface area contributed by atoms with Crippen LogP contribution in [0.15, 0.2) is 0 Å². The van der Waals surface area contributed by atoms with Crippen LogP contribution in [0.1, 0.15) is 11.6 Å². The standard InChI is InChI=1S/C10H20N4O2/c1-9-11-12-10(14(9)3)8-13(2)4-6-16-7-5-15/h15H,4-8H2,1-3H3. The molecule has 6 nitrogen and oxygen atoms in total. The van der Waals surface area contributed by atoms with Crippen LogP contribution in [0.3, 0.4) is 0 Å². The third-order valence-electron chi connectivity index (χ3n) is 2.45. The second-order valence-electron chi connectivity index (χ2n) is 3.80. The molecule has 1 aromatic heterocycles. The Hall–Kier alpha value is -0.980. The first-order valence-corrected chi connectivity index (χ1v) is 5.37. The van der Waals surface area contributed by atoms with Crippen LogP contribution in [0.2, 0.25) is 0 Å². The molecule has 16 heavy (non-hydrogen) atoms. The lowest BCUT2D eigenvalue weighted by atomic mass is 10.5. The van der Waals surface area contributed by atoms with Crippen molar-refractivity contribution in [2.24, 2.45) is 7.05 Å². The van der Waals surface area contributed by atoms with Gasteiger partial charge in [-0.3, -0.25) is 4.90 Å². The fourth-order valence-corrected chi connectivity index (χ4v) is 1.30.